The predicted molar refractivity (Wildman–Crippen MR) is 143 cm³/mol. The standard InChI is InChI=1S/C27H44O9S2/c1-17(2)6-5-7-18(16-35-37(29,30)31)21-10-11-22-20-9-8-19-14-25(36-38(32,33)34)24(28)15-27(19,4)23(20)12-13-26(21,22)3/h5,7-8,17-18,20-25,28H,6,9-16H2,1-4H3,(H,29,30,31)(H,32,33,34)/b7-5+/t18-,20-,21+,22-,23-,24?,25?,26+,27-/m0/s1. The van der Waals surface area contributed by atoms with Crippen molar-refractivity contribution in [2.75, 3.05) is 6.61 Å². The topological polar surface area (TPSA) is 147 Å². The highest BCUT2D eigenvalue weighted by molar-refractivity contribution is 7.81. The molecule has 4 aliphatic rings. The molecule has 3 fully saturated rings. The van der Waals surface area contributed by atoms with E-state index in [0.717, 1.165) is 44.1 Å². The van der Waals surface area contributed by atoms with Gasteiger partial charge in [0.2, 0.25) is 0 Å². The SMILES string of the molecule is CC(C)C/C=C/[C@@H](COS(=O)(=O)O)[C@H]1CC[C@H]2[C@@H]3CC=C4CC(OS(=O)(=O)O)C(O)C[C@]4(C)[C@H]3CC[C@]12C. The van der Waals surface area contributed by atoms with Crippen LogP contribution in [-0.4, -0.2) is 49.9 Å². The van der Waals surface area contributed by atoms with E-state index in [-0.39, 0.29) is 35.7 Å². The van der Waals surface area contributed by atoms with Gasteiger partial charge in [0, 0.05) is 5.92 Å². The van der Waals surface area contributed by atoms with Crippen LogP contribution in [0.4, 0.5) is 0 Å². The average Bonchev–Trinajstić information content (AvgIpc) is 3.12. The van der Waals surface area contributed by atoms with Crippen molar-refractivity contribution in [2.24, 2.45) is 46.3 Å². The van der Waals surface area contributed by atoms with Gasteiger partial charge < -0.3 is 5.11 Å². The number of hydrogen-bond donors (Lipinski definition) is 3. The molecule has 0 aliphatic heterocycles. The monoisotopic (exact) mass is 576 g/mol. The van der Waals surface area contributed by atoms with E-state index in [1.54, 1.807) is 0 Å². The Morgan fingerprint density at radius 2 is 1.79 bits per heavy atom. The summed E-state index contributed by atoms with van der Waals surface area (Å²) in [6, 6.07) is 0. The van der Waals surface area contributed by atoms with E-state index in [9.17, 15) is 26.5 Å². The number of aliphatic hydroxyl groups is 1. The first kappa shape index (κ1) is 30.1. The van der Waals surface area contributed by atoms with Gasteiger partial charge in [-0.1, -0.05) is 51.5 Å². The van der Waals surface area contributed by atoms with Crippen molar-refractivity contribution >= 4 is 20.8 Å². The Kier molecular flexibility index (Phi) is 8.62. The molecule has 4 aliphatic carbocycles. The maximum atomic E-state index is 11.4. The molecule has 0 aromatic heterocycles. The van der Waals surface area contributed by atoms with Crippen molar-refractivity contribution in [3.05, 3.63) is 23.8 Å². The van der Waals surface area contributed by atoms with Crippen molar-refractivity contribution < 1.29 is 39.4 Å². The second-order valence-corrected chi connectivity index (χ2v) is 15.1. The maximum absolute atomic E-state index is 11.4. The molecule has 4 rings (SSSR count). The minimum Gasteiger partial charge on any atom is -0.390 e. The number of rotatable bonds is 9. The number of fused-ring (bicyclic) bond motifs is 5. The van der Waals surface area contributed by atoms with Gasteiger partial charge in [0.15, 0.2) is 0 Å². The van der Waals surface area contributed by atoms with Gasteiger partial charge in [-0.3, -0.25) is 9.11 Å². The van der Waals surface area contributed by atoms with Gasteiger partial charge in [-0.2, -0.15) is 16.8 Å². The fourth-order valence-corrected chi connectivity index (χ4v) is 9.51. The molecule has 0 spiro atoms. The Bertz CT molecular complexity index is 1150. The molecule has 0 aromatic rings. The fraction of sp³-hybridized carbons (Fsp3) is 0.852. The Morgan fingerprint density at radius 3 is 2.42 bits per heavy atom. The highest BCUT2D eigenvalue weighted by atomic mass is 32.3. The van der Waals surface area contributed by atoms with Crippen LogP contribution in [0.5, 0.6) is 0 Å². The molecule has 0 amide bonds. The minimum absolute atomic E-state index is 0.0117. The molecular weight excluding hydrogens is 532 g/mol. The molecular formula is C27H44O9S2. The van der Waals surface area contributed by atoms with E-state index in [4.69, 9.17) is 12.9 Å². The minimum atomic E-state index is -4.65. The lowest BCUT2D eigenvalue weighted by Crippen LogP contribution is -2.53. The highest BCUT2D eigenvalue weighted by Crippen LogP contribution is 2.67. The van der Waals surface area contributed by atoms with Crippen LogP contribution in [0.3, 0.4) is 0 Å². The van der Waals surface area contributed by atoms with Gasteiger partial charge in [-0.05, 0) is 91.8 Å². The quantitative estimate of drug-likeness (QED) is 0.261. The van der Waals surface area contributed by atoms with Crippen LogP contribution in [0.2, 0.25) is 0 Å². The largest absolute Gasteiger partial charge is 0.397 e. The summed E-state index contributed by atoms with van der Waals surface area (Å²) in [5.74, 6) is 1.75. The zero-order chi connectivity index (χ0) is 28.1. The summed E-state index contributed by atoms with van der Waals surface area (Å²) in [6.45, 7) is 8.70. The van der Waals surface area contributed by atoms with E-state index in [2.05, 4.69) is 45.9 Å². The molecule has 0 aromatic carbocycles. The van der Waals surface area contributed by atoms with Crippen molar-refractivity contribution in [3.8, 4) is 0 Å². The van der Waals surface area contributed by atoms with Crippen molar-refractivity contribution in [1.29, 1.82) is 0 Å². The summed E-state index contributed by atoms with van der Waals surface area (Å²) in [5, 5.41) is 10.8. The zero-order valence-corrected chi connectivity index (χ0v) is 24.5. The fourth-order valence-electron chi connectivity index (χ4n) is 8.67. The first-order valence-electron chi connectivity index (χ1n) is 13.9. The van der Waals surface area contributed by atoms with Crippen LogP contribution in [0.25, 0.3) is 0 Å². The number of aliphatic hydroxyl groups excluding tert-OH is 1. The third-order valence-electron chi connectivity index (χ3n) is 10.3. The lowest BCUT2D eigenvalue weighted by molar-refractivity contribution is -0.0843. The van der Waals surface area contributed by atoms with Crippen molar-refractivity contribution in [1.82, 2.24) is 0 Å². The normalized spacial score (nSPS) is 40.5. The maximum Gasteiger partial charge on any atom is 0.397 e. The Hall–Kier alpha value is -0.820. The molecule has 3 N–H and O–H groups in total. The number of allylic oxidation sites excluding steroid dienone is 2. The molecule has 2 unspecified atom stereocenters. The summed E-state index contributed by atoms with van der Waals surface area (Å²) in [7, 11) is -9.18. The van der Waals surface area contributed by atoms with Crippen LogP contribution in [0, 0.1) is 46.3 Å². The van der Waals surface area contributed by atoms with Crippen molar-refractivity contribution in [2.45, 2.75) is 91.3 Å². The smallest absolute Gasteiger partial charge is 0.390 e. The van der Waals surface area contributed by atoms with E-state index < -0.39 is 33.0 Å². The Balaban J connectivity index is 1.56. The zero-order valence-electron chi connectivity index (χ0n) is 22.8. The van der Waals surface area contributed by atoms with Crippen LogP contribution in [-0.2, 0) is 29.2 Å². The van der Waals surface area contributed by atoms with Crippen LogP contribution < -0.4 is 0 Å². The van der Waals surface area contributed by atoms with E-state index in [1.807, 2.05) is 0 Å². The molecule has 0 radical (unpaired) electrons. The molecule has 3 saturated carbocycles. The molecule has 0 saturated heterocycles. The summed E-state index contributed by atoms with van der Waals surface area (Å²) in [5.41, 5.74) is 0.820. The van der Waals surface area contributed by atoms with E-state index in [0.29, 0.717) is 30.1 Å². The molecule has 9 atom stereocenters. The third-order valence-corrected chi connectivity index (χ3v) is 11.3. The summed E-state index contributed by atoms with van der Waals surface area (Å²) in [4.78, 5) is 0. The van der Waals surface area contributed by atoms with Gasteiger partial charge in [-0.25, -0.2) is 8.37 Å². The first-order valence-corrected chi connectivity index (χ1v) is 16.6. The van der Waals surface area contributed by atoms with Crippen LogP contribution in [0.1, 0.15) is 79.1 Å². The first-order chi connectivity index (χ1) is 17.5. The van der Waals surface area contributed by atoms with Crippen molar-refractivity contribution in [3.63, 3.8) is 0 Å². The summed E-state index contributed by atoms with van der Waals surface area (Å²) < 4.78 is 73.5. The second kappa shape index (κ2) is 10.9. The van der Waals surface area contributed by atoms with Gasteiger partial charge in [0.25, 0.3) is 0 Å². The van der Waals surface area contributed by atoms with Crippen LogP contribution in [0.15, 0.2) is 23.8 Å². The lowest BCUT2D eigenvalue weighted by Gasteiger charge is -2.59. The molecule has 9 nitrogen and oxygen atoms in total. The lowest BCUT2D eigenvalue weighted by atomic mass is 9.46. The average molecular weight is 577 g/mol. The molecule has 218 valence electrons. The summed E-state index contributed by atoms with van der Waals surface area (Å²) >= 11 is 0. The predicted octanol–water partition coefficient (Wildman–Crippen LogP) is 4.76. The van der Waals surface area contributed by atoms with Crippen LogP contribution >= 0.6 is 0 Å². The third kappa shape index (κ3) is 6.24. The second-order valence-electron chi connectivity index (χ2n) is 13.0. The van der Waals surface area contributed by atoms with E-state index >= 15 is 0 Å². The van der Waals surface area contributed by atoms with Gasteiger partial charge in [-0.15, -0.1) is 0 Å². The Labute approximate surface area is 228 Å². The molecule has 38 heavy (non-hydrogen) atoms. The summed E-state index contributed by atoms with van der Waals surface area (Å²) in [6.07, 6.45) is 10.7. The van der Waals surface area contributed by atoms with Gasteiger partial charge in [0.1, 0.15) is 6.10 Å². The number of hydrogen-bond acceptors (Lipinski definition) is 7. The highest BCUT2D eigenvalue weighted by Gasteiger charge is 2.60. The molecule has 11 heteroatoms. The van der Waals surface area contributed by atoms with Gasteiger partial charge in [0.05, 0.1) is 12.7 Å². The Morgan fingerprint density at radius 1 is 1.08 bits per heavy atom. The molecule has 0 bridgehead atoms. The van der Waals surface area contributed by atoms with E-state index in [1.165, 1.54) is 0 Å². The molecule has 0 heterocycles. The van der Waals surface area contributed by atoms with Gasteiger partial charge >= 0.3 is 20.8 Å².